The minimum Gasteiger partial charge on any atom is -0.352 e. The Morgan fingerprint density at radius 3 is 1.33 bits per heavy atom. The minimum atomic E-state index is -4.05. The number of anilines is 2. The van der Waals surface area contributed by atoms with Gasteiger partial charge >= 0.3 is 0 Å². The quantitative estimate of drug-likeness (QED) is 0.236. The highest BCUT2D eigenvalue weighted by molar-refractivity contribution is 7.93. The number of carbonyl (C=O) groups is 2. The molecule has 0 radical (unpaired) electrons. The molecule has 0 aliphatic carbocycles. The molecular weight excluding hydrogens is 588 g/mol. The van der Waals surface area contributed by atoms with Crippen LogP contribution in [0.2, 0.25) is 0 Å². The Morgan fingerprint density at radius 2 is 0.930 bits per heavy atom. The molecule has 4 aromatic rings. The lowest BCUT2D eigenvalue weighted by atomic mass is 10.3. The van der Waals surface area contributed by atoms with E-state index in [1.54, 1.807) is 104 Å². The van der Waals surface area contributed by atoms with Crippen LogP contribution in [-0.4, -0.2) is 54.3 Å². The fourth-order valence-electron chi connectivity index (χ4n) is 4.21. The van der Waals surface area contributed by atoms with E-state index in [9.17, 15) is 26.4 Å². The summed E-state index contributed by atoms with van der Waals surface area (Å²) in [7, 11) is -8.09. The predicted molar refractivity (Wildman–Crippen MR) is 165 cm³/mol. The van der Waals surface area contributed by atoms with Gasteiger partial charge in [-0.2, -0.15) is 0 Å². The molecule has 0 aliphatic heterocycles. The van der Waals surface area contributed by atoms with Gasteiger partial charge in [-0.1, -0.05) is 72.8 Å². The molecule has 224 valence electrons. The molecule has 0 saturated heterocycles. The Balaban J connectivity index is 1.41. The average molecular weight is 621 g/mol. The smallest absolute Gasteiger partial charge is 0.264 e. The van der Waals surface area contributed by atoms with E-state index >= 15 is 0 Å². The Hall–Kier alpha value is -4.68. The average Bonchev–Trinajstić information content (AvgIpc) is 3.03. The van der Waals surface area contributed by atoms with Crippen molar-refractivity contribution in [2.75, 3.05) is 28.2 Å². The largest absolute Gasteiger partial charge is 0.352 e. The zero-order valence-corrected chi connectivity index (χ0v) is 25.0. The van der Waals surface area contributed by atoms with Crippen molar-refractivity contribution in [2.45, 2.75) is 22.8 Å². The summed E-state index contributed by atoms with van der Waals surface area (Å²) in [6.45, 7) is 0.650. The van der Waals surface area contributed by atoms with Crippen LogP contribution in [-0.2, 0) is 29.6 Å². The minimum absolute atomic E-state index is 0.0185. The molecular formula is C31H32N4O6S2. The van der Waals surface area contributed by atoms with Crippen molar-refractivity contribution in [3.63, 3.8) is 0 Å². The first kappa shape index (κ1) is 31.3. The van der Waals surface area contributed by atoms with Crippen LogP contribution in [0.4, 0.5) is 11.4 Å². The van der Waals surface area contributed by atoms with E-state index in [0.29, 0.717) is 11.4 Å². The molecule has 43 heavy (non-hydrogen) atoms. The molecule has 12 heteroatoms. The molecule has 2 amide bonds. The first-order valence-electron chi connectivity index (χ1n) is 13.4. The summed E-state index contributed by atoms with van der Waals surface area (Å²) < 4.78 is 55.6. The van der Waals surface area contributed by atoms with Crippen LogP contribution in [0.5, 0.6) is 0 Å². The fourth-order valence-corrected chi connectivity index (χ4v) is 7.10. The number of carbonyl (C=O) groups excluding carboxylic acids is 2. The van der Waals surface area contributed by atoms with Crippen molar-refractivity contribution in [1.29, 1.82) is 0 Å². The van der Waals surface area contributed by atoms with Gasteiger partial charge in [-0.05, 0) is 55.5 Å². The number of para-hydroxylation sites is 2. The Labute approximate surface area is 252 Å². The summed E-state index contributed by atoms with van der Waals surface area (Å²) in [4.78, 5) is 26.0. The molecule has 0 spiro atoms. The maximum absolute atomic E-state index is 13.4. The summed E-state index contributed by atoms with van der Waals surface area (Å²) in [5, 5.41) is 5.37. The van der Waals surface area contributed by atoms with Gasteiger partial charge in [0.1, 0.15) is 13.1 Å². The maximum Gasteiger partial charge on any atom is 0.264 e. The normalized spacial score (nSPS) is 12.1. The number of nitrogens with zero attached hydrogens (tertiary/aromatic N) is 2. The third kappa shape index (κ3) is 7.99. The number of hydrogen-bond acceptors (Lipinski definition) is 6. The second-order valence-electron chi connectivity index (χ2n) is 9.59. The van der Waals surface area contributed by atoms with Crippen LogP contribution in [0.25, 0.3) is 0 Å². The molecule has 0 aromatic heterocycles. The van der Waals surface area contributed by atoms with Crippen molar-refractivity contribution in [2.24, 2.45) is 0 Å². The number of nitrogens with one attached hydrogen (secondary N) is 2. The van der Waals surface area contributed by atoms with Crippen molar-refractivity contribution in [3.05, 3.63) is 121 Å². The van der Waals surface area contributed by atoms with Gasteiger partial charge in [0, 0.05) is 12.6 Å². The lowest BCUT2D eigenvalue weighted by Crippen LogP contribution is -2.48. The van der Waals surface area contributed by atoms with Crippen LogP contribution in [0.3, 0.4) is 0 Å². The van der Waals surface area contributed by atoms with Crippen molar-refractivity contribution < 1.29 is 26.4 Å². The van der Waals surface area contributed by atoms with E-state index in [-0.39, 0.29) is 16.3 Å². The molecule has 0 aliphatic rings. The van der Waals surface area contributed by atoms with Crippen LogP contribution < -0.4 is 19.2 Å². The number of sulfonamides is 2. The van der Waals surface area contributed by atoms with E-state index < -0.39 is 51.0 Å². The number of rotatable bonds is 13. The SMILES string of the molecule is C[C@H](CNC(=O)CN(c1ccccc1)S(=O)(=O)c1ccccc1)NC(=O)CN(c1ccccc1)S(=O)(=O)c1ccccc1. The molecule has 4 rings (SSSR count). The molecule has 4 aromatic carbocycles. The third-order valence-electron chi connectivity index (χ3n) is 6.34. The molecule has 10 nitrogen and oxygen atoms in total. The first-order chi connectivity index (χ1) is 20.6. The van der Waals surface area contributed by atoms with Crippen LogP contribution in [0.1, 0.15) is 6.92 Å². The van der Waals surface area contributed by atoms with E-state index in [1.807, 2.05) is 0 Å². The van der Waals surface area contributed by atoms with E-state index in [4.69, 9.17) is 0 Å². The van der Waals surface area contributed by atoms with Crippen LogP contribution in [0.15, 0.2) is 131 Å². The van der Waals surface area contributed by atoms with Gasteiger partial charge in [-0.25, -0.2) is 16.8 Å². The van der Waals surface area contributed by atoms with E-state index in [0.717, 1.165) is 8.61 Å². The van der Waals surface area contributed by atoms with E-state index in [1.165, 1.54) is 24.3 Å². The monoisotopic (exact) mass is 620 g/mol. The Bertz CT molecular complexity index is 1720. The first-order valence-corrected chi connectivity index (χ1v) is 16.3. The maximum atomic E-state index is 13.4. The fraction of sp³-hybridized carbons (Fsp3) is 0.161. The standard InChI is InChI=1S/C31H32N4O6S2/c1-25(33-31(37)24-35(27-16-8-3-9-17-27)43(40,41)29-20-12-5-13-21-29)22-32-30(36)23-34(26-14-6-2-7-15-26)42(38,39)28-18-10-4-11-19-28/h2-21,25H,22-24H2,1H3,(H,32,36)(H,33,37)/t25-/m1/s1. The van der Waals surface area contributed by atoms with Crippen molar-refractivity contribution in [1.82, 2.24) is 10.6 Å². The van der Waals surface area contributed by atoms with Gasteiger partial charge in [0.05, 0.1) is 21.2 Å². The zero-order chi connectivity index (χ0) is 30.9. The highest BCUT2D eigenvalue weighted by Crippen LogP contribution is 2.24. The van der Waals surface area contributed by atoms with Gasteiger partial charge in [0.2, 0.25) is 11.8 Å². The van der Waals surface area contributed by atoms with Crippen molar-refractivity contribution >= 4 is 43.2 Å². The third-order valence-corrected chi connectivity index (χ3v) is 9.91. The molecule has 0 saturated carbocycles. The Kier molecular flexibility index (Phi) is 10.2. The van der Waals surface area contributed by atoms with E-state index in [2.05, 4.69) is 10.6 Å². The highest BCUT2D eigenvalue weighted by atomic mass is 32.2. The molecule has 2 N–H and O–H groups in total. The summed E-state index contributed by atoms with van der Waals surface area (Å²) in [6, 6.07) is 31.6. The summed E-state index contributed by atoms with van der Waals surface area (Å²) in [5.41, 5.74) is 0.645. The van der Waals surface area contributed by atoms with Crippen molar-refractivity contribution in [3.8, 4) is 0 Å². The lowest BCUT2D eigenvalue weighted by Gasteiger charge is -2.26. The number of hydrogen-bond donors (Lipinski definition) is 2. The predicted octanol–water partition coefficient (Wildman–Crippen LogP) is 3.40. The van der Waals surface area contributed by atoms with Gasteiger partial charge in [0.15, 0.2) is 0 Å². The zero-order valence-electron chi connectivity index (χ0n) is 23.4. The molecule has 1 atom stereocenters. The van der Waals surface area contributed by atoms with Gasteiger partial charge in [-0.15, -0.1) is 0 Å². The second kappa shape index (κ2) is 14.0. The summed E-state index contributed by atoms with van der Waals surface area (Å²) in [6.07, 6.45) is 0. The topological polar surface area (TPSA) is 133 Å². The summed E-state index contributed by atoms with van der Waals surface area (Å²) in [5.74, 6) is -1.16. The van der Waals surface area contributed by atoms with Gasteiger partial charge in [0.25, 0.3) is 20.0 Å². The highest BCUT2D eigenvalue weighted by Gasteiger charge is 2.29. The molecule has 0 unspecified atom stereocenters. The molecule has 0 fully saturated rings. The van der Waals surface area contributed by atoms with Crippen LogP contribution in [0, 0.1) is 0 Å². The Morgan fingerprint density at radius 1 is 0.581 bits per heavy atom. The van der Waals surface area contributed by atoms with Gasteiger partial charge < -0.3 is 10.6 Å². The number of benzene rings is 4. The summed E-state index contributed by atoms with van der Waals surface area (Å²) >= 11 is 0. The molecule has 0 bridgehead atoms. The van der Waals surface area contributed by atoms with Crippen LogP contribution >= 0.6 is 0 Å². The van der Waals surface area contributed by atoms with Gasteiger partial charge in [-0.3, -0.25) is 18.2 Å². The second-order valence-corrected chi connectivity index (χ2v) is 13.3. The number of amides is 2. The lowest BCUT2D eigenvalue weighted by molar-refractivity contribution is -0.122. The molecule has 0 heterocycles.